The smallest absolute Gasteiger partial charge is 0.266 e. The van der Waals surface area contributed by atoms with E-state index < -0.39 is 0 Å². The fraction of sp³-hybridized carbons (Fsp3) is 0.261. The average Bonchev–Trinajstić information content (AvgIpc) is 3.21. The predicted octanol–water partition coefficient (Wildman–Crippen LogP) is 3.31. The summed E-state index contributed by atoms with van der Waals surface area (Å²) in [6, 6.07) is 18.4. The number of rotatable bonds is 4. The van der Waals surface area contributed by atoms with Gasteiger partial charge in [-0.15, -0.1) is 11.3 Å². The lowest BCUT2D eigenvalue weighted by Crippen LogP contribution is -3.12. The normalized spacial score (nSPS) is 14.9. The van der Waals surface area contributed by atoms with Gasteiger partial charge < -0.3 is 15.1 Å². The van der Waals surface area contributed by atoms with Gasteiger partial charge in [0.05, 0.1) is 38.1 Å². The van der Waals surface area contributed by atoms with Crippen molar-refractivity contribution in [3.63, 3.8) is 0 Å². The molecule has 3 aromatic rings. The maximum absolute atomic E-state index is 12.9. The first-order valence-electron chi connectivity index (χ1n) is 9.73. The van der Waals surface area contributed by atoms with E-state index in [-0.39, 0.29) is 5.91 Å². The Morgan fingerprint density at radius 1 is 1.07 bits per heavy atom. The van der Waals surface area contributed by atoms with Gasteiger partial charge in [0.1, 0.15) is 0 Å². The largest absolute Gasteiger partial charge is 0.360 e. The molecule has 0 radical (unpaired) electrons. The summed E-state index contributed by atoms with van der Waals surface area (Å²) in [5.74, 6) is -0.0482. The molecule has 28 heavy (non-hydrogen) atoms. The standard InChI is InChI=1S/C23H25N3OS/c1-17-16-19(26-13-11-25(2)12-14-26)8-9-21(17)24-23(27)22-20(10-15-28-22)18-6-4-3-5-7-18/h3-10,15-16H,11-14H2,1-2H3,(H,24,27)/p+1. The topological polar surface area (TPSA) is 36.8 Å². The van der Waals surface area contributed by atoms with Crippen LogP contribution in [0.1, 0.15) is 15.2 Å². The zero-order valence-corrected chi connectivity index (χ0v) is 17.2. The number of thiophene rings is 1. The summed E-state index contributed by atoms with van der Waals surface area (Å²) in [6.45, 7) is 6.54. The van der Waals surface area contributed by atoms with Crippen molar-refractivity contribution >= 4 is 28.6 Å². The van der Waals surface area contributed by atoms with Crippen LogP contribution in [0.3, 0.4) is 0 Å². The molecule has 2 aromatic carbocycles. The predicted molar refractivity (Wildman–Crippen MR) is 118 cm³/mol. The van der Waals surface area contributed by atoms with Crippen molar-refractivity contribution < 1.29 is 9.69 Å². The Kier molecular flexibility index (Phi) is 5.46. The molecule has 1 amide bonds. The Balaban J connectivity index is 1.51. The van der Waals surface area contributed by atoms with E-state index in [0.29, 0.717) is 0 Å². The number of amides is 1. The van der Waals surface area contributed by atoms with E-state index in [4.69, 9.17) is 0 Å². The number of quaternary nitrogens is 1. The number of nitrogens with zero attached hydrogens (tertiary/aromatic N) is 1. The molecular weight excluding hydrogens is 366 g/mol. The first-order valence-corrected chi connectivity index (χ1v) is 10.6. The summed E-state index contributed by atoms with van der Waals surface area (Å²) < 4.78 is 0. The maximum atomic E-state index is 12.9. The summed E-state index contributed by atoms with van der Waals surface area (Å²) in [5, 5.41) is 5.08. The molecule has 0 saturated carbocycles. The molecule has 144 valence electrons. The van der Waals surface area contributed by atoms with Gasteiger partial charge >= 0.3 is 0 Å². The third kappa shape index (κ3) is 3.96. The van der Waals surface area contributed by atoms with Crippen LogP contribution in [-0.4, -0.2) is 39.1 Å². The van der Waals surface area contributed by atoms with Crippen LogP contribution in [0.4, 0.5) is 11.4 Å². The molecule has 0 unspecified atom stereocenters. The summed E-state index contributed by atoms with van der Waals surface area (Å²) in [7, 11) is 2.25. The molecule has 1 saturated heterocycles. The highest BCUT2D eigenvalue weighted by Crippen LogP contribution is 2.30. The van der Waals surface area contributed by atoms with E-state index in [9.17, 15) is 4.79 Å². The number of aryl methyl sites for hydroxylation is 1. The minimum absolute atomic E-state index is 0.0482. The minimum atomic E-state index is -0.0482. The van der Waals surface area contributed by atoms with Crippen LogP contribution >= 0.6 is 11.3 Å². The van der Waals surface area contributed by atoms with Crippen molar-refractivity contribution in [2.75, 3.05) is 43.4 Å². The Morgan fingerprint density at radius 3 is 2.54 bits per heavy atom. The molecule has 0 spiro atoms. The van der Waals surface area contributed by atoms with Crippen LogP contribution < -0.4 is 15.1 Å². The fourth-order valence-electron chi connectivity index (χ4n) is 3.64. The van der Waals surface area contributed by atoms with Crippen molar-refractivity contribution in [3.8, 4) is 11.1 Å². The van der Waals surface area contributed by atoms with Gasteiger partial charge in [0, 0.05) is 16.9 Å². The highest BCUT2D eigenvalue weighted by Gasteiger charge is 2.19. The number of carbonyl (C=O) groups excluding carboxylic acids is 1. The highest BCUT2D eigenvalue weighted by molar-refractivity contribution is 7.12. The molecule has 2 N–H and O–H groups in total. The van der Waals surface area contributed by atoms with Crippen LogP contribution in [0.5, 0.6) is 0 Å². The Hall–Kier alpha value is -2.63. The van der Waals surface area contributed by atoms with E-state index in [1.165, 1.54) is 17.0 Å². The maximum Gasteiger partial charge on any atom is 0.266 e. The first-order chi connectivity index (χ1) is 13.6. The molecule has 4 rings (SSSR count). The summed E-state index contributed by atoms with van der Waals surface area (Å²) in [5.41, 5.74) is 5.26. The first kappa shape index (κ1) is 18.7. The van der Waals surface area contributed by atoms with Crippen LogP contribution in [0.2, 0.25) is 0 Å². The lowest BCUT2D eigenvalue weighted by molar-refractivity contribution is -0.880. The van der Waals surface area contributed by atoms with Crippen LogP contribution in [-0.2, 0) is 0 Å². The van der Waals surface area contributed by atoms with E-state index in [1.807, 2.05) is 47.8 Å². The van der Waals surface area contributed by atoms with E-state index in [0.717, 1.165) is 53.4 Å². The van der Waals surface area contributed by atoms with Gasteiger partial charge in [-0.2, -0.15) is 0 Å². The molecular formula is C23H26N3OS+. The molecule has 5 heteroatoms. The number of piperazine rings is 1. The Morgan fingerprint density at radius 2 is 1.82 bits per heavy atom. The summed E-state index contributed by atoms with van der Waals surface area (Å²) in [6.07, 6.45) is 0. The van der Waals surface area contributed by atoms with Gasteiger partial charge in [0.15, 0.2) is 0 Å². The Labute approximate surface area is 170 Å². The van der Waals surface area contributed by atoms with Gasteiger partial charge in [0.25, 0.3) is 5.91 Å². The van der Waals surface area contributed by atoms with Gasteiger partial charge in [-0.05, 0) is 47.7 Å². The molecule has 1 aliphatic rings. The van der Waals surface area contributed by atoms with Crippen molar-refractivity contribution in [1.29, 1.82) is 0 Å². The van der Waals surface area contributed by atoms with E-state index in [1.54, 1.807) is 4.90 Å². The van der Waals surface area contributed by atoms with Crippen molar-refractivity contribution in [2.24, 2.45) is 0 Å². The second-order valence-corrected chi connectivity index (χ2v) is 8.34. The van der Waals surface area contributed by atoms with Crippen LogP contribution in [0, 0.1) is 6.92 Å². The molecule has 1 aromatic heterocycles. The quantitative estimate of drug-likeness (QED) is 0.715. The van der Waals surface area contributed by atoms with Gasteiger partial charge in [-0.25, -0.2) is 0 Å². The van der Waals surface area contributed by atoms with Crippen LogP contribution in [0.25, 0.3) is 11.1 Å². The number of likely N-dealkylation sites (N-methyl/N-ethyl adjacent to an activating group) is 1. The number of hydrogen-bond acceptors (Lipinski definition) is 3. The number of nitrogens with one attached hydrogen (secondary N) is 2. The lowest BCUT2D eigenvalue weighted by atomic mass is 10.1. The summed E-state index contributed by atoms with van der Waals surface area (Å²) in [4.78, 5) is 17.7. The molecule has 0 bridgehead atoms. The molecule has 1 fully saturated rings. The SMILES string of the molecule is Cc1cc(N2CC[NH+](C)CC2)ccc1NC(=O)c1sccc1-c1ccccc1. The molecule has 0 aliphatic carbocycles. The van der Waals surface area contributed by atoms with E-state index >= 15 is 0 Å². The minimum Gasteiger partial charge on any atom is -0.360 e. The molecule has 0 atom stereocenters. The summed E-state index contributed by atoms with van der Waals surface area (Å²) >= 11 is 1.48. The second-order valence-electron chi connectivity index (χ2n) is 7.43. The number of carbonyl (C=O) groups is 1. The monoisotopic (exact) mass is 392 g/mol. The number of anilines is 2. The second kappa shape index (κ2) is 8.17. The van der Waals surface area contributed by atoms with Crippen molar-refractivity contribution in [2.45, 2.75) is 6.92 Å². The highest BCUT2D eigenvalue weighted by atomic mass is 32.1. The average molecular weight is 393 g/mol. The zero-order valence-electron chi connectivity index (χ0n) is 16.4. The third-order valence-electron chi connectivity index (χ3n) is 5.40. The van der Waals surface area contributed by atoms with E-state index in [2.05, 4.69) is 36.3 Å². The third-order valence-corrected chi connectivity index (χ3v) is 6.31. The Bertz CT molecular complexity index is 959. The molecule has 4 nitrogen and oxygen atoms in total. The van der Waals surface area contributed by atoms with Gasteiger partial charge in [-0.3, -0.25) is 4.79 Å². The van der Waals surface area contributed by atoms with Crippen molar-refractivity contribution in [3.05, 3.63) is 70.4 Å². The van der Waals surface area contributed by atoms with Gasteiger partial charge in [-0.1, -0.05) is 30.3 Å². The number of benzene rings is 2. The molecule has 2 heterocycles. The zero-order chi connectivity index (χ0) is 19.5. The fourth-order valence-corrected chi connectivity index (χ4v) is 4.45. The molecule has 1 aliphatic heterocycles. The van der Waals surface area contributed by atoms with Crippen LogP contribution in [0.15, 0.2) is 60.0 Å². The lowest BCUT2D eigenvalue weighted by Gasteiger charge is -2.32. The number of hydrogen-bond donors (Lipinski definition) is 2. The van der Waals surface area contributed by atoms with Crippen molar-refractivity contribution in [1.82, 2.24) is 0 Å². The van der Waals surface area contributed by atoms with Gasteiger partial charge in [0.2, 0.25) is 0 Å².